The van der Waals surface area contributed by atoms with Gasteiger partial charge in [-0.05, 0) is 30.3 Å². The van der Waals surface area contributed by atoms with Crippen LogP contribution in [0, 0.1) is 5.82 Å². The number of halogens is 1. The van der Waals surface area contributed by atoms with Crippen LogP contribution in [0.1, 0.15) is 0 Å². The highest BCUT2D eigenvalue weighted by atomic mass is 19.1. The summed E-state index contributed by atoms with van der Waals surface area (Å²) in [5, 5.41) is 17.1. The zero-order valence-electron chi connectivity index (χ0n) is 16.4. The minimum Gasteiger partial charge on any atom is -0.506 e. The van der Waals surface area contributed by atoms with Gasteiger partial charge in [-0.15, -0.1) is 0 Å². The molecule has 1 aromatic carbocycles. The molecule has 5 aromatic heterocycles. The molecule has 0 radical (unpaired) electrons. The lowest BCUT2D eigenvalue weighted by Gasteiger charge is -2.03. The predicted molar refractivity (Wildman–Crippen MR) is 117 cm³/mol. The number of fused-ring (bicyclic) bond motifs is 2. The molecule has 3 N–H and O–H groups in total. The van der Waals surface area contributed by atoms with E-state index in [2.05, 4.69) is 30.1 Å². The number of aromatic nitrogens is 7. The molecule has 0 fully saturated rings. The first kappa shape index (κ1) is 18.1. The summed E-state index contributed by atoms with van der Waals surface area (Å²) in [4.78, 5) is 20.9. The number of aromatic hydroxyl groups is 1. The summed E-state index contributed by atoms with van der Waals surface area (Å²) in [6.45, 7) is 0. The second kappa shape index (κ2) is 6.95. The van der Waals surface area contributed by atoms with Gasteiger partial charge in [0.05, 0.1) is 17.4 Å². The van der Waals surface area contributed by atoms with E-state index in [0.717, 1.165) is 5.52 Å². The maximum absolute atomic E-state index is 14.4. The summed E-state index contributed by atoms with van der Waals surface area (Å²) in [6, 6.07) is 13.5. The Labute approximate surface area is 179 Å². The largest absolute Gasteiger partial charge is 0.506 e. The van der Waals surface area contributed by atoms with Crippen molar-refractivity contribution in [3.63, 3.8) is 0 Å². The SMILES string of the molecule is Oc1cncc(-c2ccc3[nH]nc(-c4nc5c(-c6ccccc6F)ccnc5[nH]4)c3n2)c1. The highest BCUT2D eigenvalue weighted by Crippen LogP contribution is 2.32. The highest BCUT2D eigenvalue weighted by Gasteiger charge is 2.18. The Morgan fingerprint density at radius 3 is 2.69 bits per heavy atom. The molecule has 32 heavy (non-hydrogen) atoms. The van der Waals surface area contributed by atoms with E-state index in [9.17, 15) is 9.50 Å². The van der Waals surface area contributed by atoms with Crippen molar-refractivity contribution < 1.29 is 9.50 Å². The lowest BCUT2D eigenvalue weighted by atomic mass is 10.1. The van der Waals surface area contributed by atoms with Crippen LogP contribution in [0.4, 0.5) is 4.39 Å². The lowest BCUT2D eigenvalue weighted by molar-refractivity contribution is 0.473. The number of pyridine rings is 3. The fourth-order valence-electron chi connectivity index (χ4n) is 3.71. The minimum atomic E-state index is -0.333. The fraction of sp³-hybridized carbons (Fsp3) is 0. The summed E-state index contributed by atoms with van der Waals surface area (Å²) in [5.41, 5.74) is 5.26. The van der Waals surface area contributed by atoms with E-state index in [1.807, 2.05) is 12.1 Å². The second-order valence-electron chi connectivity index (χ2n) is 7.22. The molecular weight excluding hydrogens is 409 g/mol. The molecule has 0 atom stereocenters. The van der Waals surface area contributed by atoms with Crippen molar-refractivity contribution in [1.29, 1.82) is 0 Å². The van der Waals surface area contributed by atoms with E-state index in [4.69, 9.17) is 4.98 Å². The number of aromatic amines is 2. The number of nitrogens with one attached hydrogen (secondary N) is 2. The van der Waals surface area contributed by atoms with Crippen LogP contribution in [0.3, 0.4) is 0 Å². The monoisotopic (exact) mass is 423 g/mol. The minimum absolute atomic E-state index is 0.0563. The normalized spacial score (nSPS) is 11.4. The smallest absolute Gasteiger partial charge is 0.162 e. The van der Waals surface area contributed by atoms with Crippen LogP contribution in [0.2, 0.25) is 0 Å². The van der Waals surface area contributed by atoms with Crippen molar-refractivity contribution in [3.05, 3.63) is 72.9 Å². The van der Waals surface area contributed by atoms with Crippen LogP contribution in [0.15, 0.2) is 67.1 Å². The van der Waals surface area contributed by atoms with Crippen LogP contribution in [0.5, 0.6) is 5.75 Å². The average molecular weight is 423 g/mol. The first-order chi connectivity index (χ1) is 15.7. The lowest BCUT2D eigenvalue weighted by Crippen LogP contribution is -1.88. The molecule has 0 bridgehead atoms. The highest BCUT2D eigenvalue weighted by molar-refractivity contribution is 5.95. The van der Waals surface area contributed by atoms with E-state index < -0.39 is 0 Å². The third-order valence-electron chi connectivity index (χ3n) is 5.20. The maximum atomic E-state index is 14.4. The Bertz CT molecular complexity index is 1620. The van der Waals surface area contributed by atoms with Crippen molar-refractivity contribution in [3.8, 4) is 39.7 Å². The van der Waals surface area contributed by atoms with Crippen LogP contribution in [-0.2, 0) is 0 Å². The Kier molecular flexibility index (Phi) is 3.94. The van der Waals surface area contributed by atoms with Gasteiger partial charge in [-0.25, -0.2) is 19.3 Å². The van der Waals surface area contributed by atoms with E-state index in [1.54, 1.807) is 42.7 Å². The standard InChI is InChI=1S/C23H14FN7O/c24-16-4-2-1-3-14(16)15-7-8-26-22-19(15)28-23(29-22)21-20-18(30-31-21)6-5-17(27-20)12-9-13(32)11-25-10-12/h1-11,32H,(H,30,31)(H,26,28,29). The fourth-order valence-corrected chi connectivity index (χ4v) is 3.71. The van der Waals surface area contributed by atoms with Gasteiger partial charge in [0.1, 0.15) is 22.6 Å². The Hall–Kier alpha value is -4.66. The van der Waals surface area contributed by atoms with E-state index in [0.29, 0.717) is 50.6 Å². The summed E-state index contributed by atoms with van der Waals surface area (Å²) >= 11 is 0. The van der Waals surface area contributed by atoms with Crippen LogP contribution in [0.25, 0.3) is 56.1 Å². The molecule has 9 heteroatoms. The summed E-state index contributed by atoms with van der Waals surface area (Å²) < 4.78 is 14.4. The van der Waals surface area contributed by atoms with Crippen molar-refractivity contribution in [1.82, 2.24) is 35.1 Å². The first-order valence-corrected chi connectivity index (χ1v) is 9.77. The first-order valence-electron chi connectivity index (χ1n) is 9.77. The zero-order valence-corrected chi connectivity index (χ0v) is 16.4. The van der Waals surface area contributed by atoms with E-state index in [-0.39, 0.29) is 11.6 Å². The zero-order chi connectivity index (χ0) is 21.7. The van der Waals surface area contributed by atoms with Gasteiger partial charge < -0.3 is 10.1 Å². The van der Waals surface area contributed by atoms with Crippen molar-refractivity contribution >= 4 is 22.2 Å². The number of hydrogen-bond acceptors (Lipinski definition) is 6. The van der Waals surface area contributed by atoms with Crippen LogP contribution in [-0.4, -0.2) is 40.2 Å². The molecule has 0 saturated carbocycles. The summed E-state index contributed by atoms with van der Waals surface area (Å²) in [6.07, 6.45) is 4.60. The number of nitrogens with zero attached hydrogens (tertiary/aromatic N) is 5. The van der Waals surface area contributed by atoms with Crippen LogP contribution >= 0.6 is 0 Å². The Balaban J connectivity index is 1.52. The van der Waals surface area contributed by atoms with Gasteiger partial charge >= 0.3 is 0 Å². The molecule has 0 aliphatic heterocycles. The number of imidazole rings is 1. The molecule has 0 aliphatic rings. The van der Waals surface area contributed by atoms with Gasteiger partial charge in [0.15, 0.2) is 17.2 Å². The molecule has 0 unspecified atom stereocenters. The number of hydrogen-bond donors (Lipinski definition) is 3. The molecule has 0 saturated heterocycles. The summed E-state index contributed by atoms with van der Waals surface area (Å²) in [5.74, 6) is 0.183. The molecule has 5 heterocycles. The molecule has 6 rings (SSSR count). The van der Waals surface area contributed by atoms with Crippen molar-refractivity contribution in [2.45, 2.75) is 0 Å². The second-order valence-corrected chi connectivity index (χ2v) is 7.22. The number of H-pyrrole nitrogens is 2. The van der Waals surface area contributed by atoms with Gasteiger partial charge in [-0.1, -0.05) is 18.2 Å². The molecule has 0 amide bonds. The van der Waals surface area contributed by atoms with Gasteiger partial charge in [0, 0.05) is 29.1 Å². The summed E-state index contributed by atoms with van der Waals surface area (Å²) in [7, 11) is 0. The van der Waals surface area contributed by atoms with E-state index in [1.165, 1.54) is 12.3 Å². The third kappa shape index (κ3) is 2.87. The Morgan fingerprint density at radius 1 is 0.906 bits per heavy atom. The van der Waals surface area contributed by atoms with Crippen molar-refractivity contribution in [2.24, 2.45) is 0 Å². The molecular formula is C23H14FN7O. The molecule has 154 valence electrons. The molecule has 0 spiro atoms. The van der Waals surface area contributed by atoms with Gasteiger partial charge in [0.2, 0.25) is 0 Å². The molecule has 0 aliphatic carbocycles. The van der Waals surface area contributed by atoms with Gasteiger partial charge in [0.25, 0.3) is 0 Å². The number of rotatable bonds is 3. The third-order valence-corrected chi connectivity index (χ3v) is 5.20. The van der Waals surface area contributed by atoms with Gasteiger partial charge in [-0.2, -0.15) is 5.10 Å². The van der Waals surface area contributed by atoms with Crippen LogP contribution < -0.4 is 0 Å². The average Bonchev–Trinajstić information content (AvgIpc) is 3.43. The molecule has 8 nitrogen and oxygen atoms in total. The quantitative estimate of drug-likeness (QED) is 0.387. The number of benzene rings is 1. The van der Waals surface area contributed by atoms with E-state index >= 15 is 0 Å². The maximum Gasteiger partial charge on any atom is 0.162 e. The predicted octanol–water partition coefficient (Wildman–Crippen LogP) is 4.47. The van der Waals surface area contributed by atoms with Crippen molar-refractivity contribution in [2.75, 3.05) is 0 Å². The van der Waals surface area contributed by atoms with Gasteiger partial charge in [-0.3, -0.25) is 10.1 Å². The Morgan fingerprint density at radius 2 is 1.81 bits per heavy atom. The molecule has 6 aromatic rings. The topological polar surface area (TPSA) is 116 Å².